The van der Waals surface area contributed by atoms with Crippen LogP contribution in [0.3, 0.4) is 0 Å². The van der Waals surface area contributed by atoms with Crippen LogP contribution >= 0.6 is 0 Å². The van der Waals surface area contributed by atoms with Crippen molar-refractivity contribution in [3.8, 4) is 0 Å². The molecule has 1 aliphatic rings. The predicted octanol–water partition coefficient (Wildman–Crippen LogP) is 1.29. The zero-order valence-corrected chi connectivity index (χ0v) is 12.3. The van der Waals surface area contributed by atoms with Gasteiger partial charge in [-0.1, -0.05) is 31.2 Å². The third kappa shape index (κ3) is 4.62. The summed E-state index contributed by atoms with van der Waals surface area (Å²) < 4.78 is 0. The minimum absolute atomic E-state index is 0.0948. The third-order valence-corrected chi connectivity index (χ3v) is 3.81. The van der Waals surface area contributed by atoms with Gasteiger partial charge in [-0.2, -0.15) is 0 Å². The normalized spacial score (nSPS) is 14.6. The molecule has 0 spiro atoms. The Hall–Kier alpha value is -1.39. The number of rotatable bonds is 8. The van der Waals surface area contributed by atoms with Gasteiger partial charge in [0.15, 0.2) is 0 Å². The number of hydrogen-bond donors (Lipinski definition) is 2. The zero-order valence-electron chi connectivity index (χ0n) is 12.3. The van der Waals surface area contributed by atoms with Crippen LogP contribution in [0.5, 0.6) is 0 Å². The second-order valence-corrected chi connectivity index (χ2v) is 5.41. The Morgan fingerprint density at radius 3 is 2.50 bits per heavy atom. The van der Waals surface area contributed by atoms with Gasteiger partial charge in [0.2, 0.25) is 5.91 Å². The van der Waals surface area contributed by atoms with E-state index in [0.29, 0.717) is 13.0 Å². The second kappa shape index (κ2) is 7.41. The Kier molecular flexibility index (Phi) is 5.56. The summed E-state index contributed by atoms with van der Waals surface area (Å²) in [5.41, 5.74) is 7.68. The summed E-state index contributed by atoms with van der Waals surface area (Å²) in [6.45, 7) is 5.49. The summed E-state index contributed by atoms with van der Waals surface area (Å²) in [6, 6.07) is 8.68. The first-order chi connectivity index (χ1) is 9.72. The molecule has 4 nitrogen and oxygen atoms in total. The molecule has 20 heavy (non-hydrogen) atoms. The van der Waals surface area contributed by atoms with E-state index >= 15 is 0 Å². The lowest BCUT2D eigenvalue weighted by atomic mass is 10.1. The largest absolute Gasteiger partial charge is 0.355 e. The topological polar surface area (TPSA) is 58.4 Å². The molecule has 0 unspecified atom stereocenters. The van der Waals surface area contributed by atoms with E-state index in [1.165, 1.54) is 12.8 Å². The molecule has 0 atom stereocenters. The standard InChI is InChI=1S/C16H25N3O/c1-2-19(15-7-8-15)10-9-18-16(20)11-13-3-5-14(12-17)6-4-13/h3-6,15H,2,7-12,17H2,1H3,(H,18,20). The first-order valence-corrected chi connectivity index (χ1v) is 7.51. The summed E-state index contributed by atoms with van der Waals surface area (Å²) in [7, 11) is 0. The molecule has 2 rings (SSSR count). The Morgan fingerprint density at radius 2 is 1.95 bits per heavy atom. The summed E-state index contributed by atoms with van der Waals surface area (Å²) in [5, 5.41) is 3.00. The zero-order chi connectivity index (χ0) is 14.4. The van der Waals surface area contributed by atoms with Gasteiger partial charge in [0.1, 0.15) is 0 Å². The van der Waals surface area contributed by atoms with Crippen molar-refractivity contribution in [2.75, 3.05) is 19.6 Å². The molecule has 0 heterocycles. The molecule has 0 bridgehead atoms. The molecule has 0 saturated heterocycles. The average molecular weight is 275 g/mol. The highest BCUT2D eigenvalue weighted by molar-refractivity contribution is 5.78. The van der Waals surface area contributed by atoms with Gasteiger partial charge in [0, 0.05) is 25.7 Å². The molecule has 1 aromatic rings. The minimum Gasteiger partial charge on any atom is -0.355 e. The van der Waals surface area contributed by atoms with Gasteiger partial charge < -0.3 is 11.1 Å². The van der Waals surface area contributed by atoms with E-state index in [9.17, 15) is 4.79 Å². The molecule has 0 aromatic heterocycles. The summed E-state index contributed by atoms with van der Waals surface area (Å²) in [5.74, 6) is 0.0948. The maximum Gasteiger partial charge on any atom is 0.224 e. The Morgan fingerprint density at radius 1 is 1.30 bits per heavy atom. The van der Waals surface area contributed by atoms with Crippen LogP contribution in [0.4, 0.5) is 0 Å². The summed E-state index contributed by atoms with van der Waals surface area (Å²) in [6.07, 6.45) is 3.07. The van der Waals surface area contributed by atoms with E-state index in [1.54, 1.807) is 0 Å². The van der Waals surface area contributed by atoms with Gasteiger partial charge in [0.25, 0.3) is 0 Å². The third-order valence-electron chi connectivity index (χ3n) is 3.81. The minimum atomic E-state index is 0.0948. The Labute approximate surface area is 121 Å². The molecule has 0 radical (unpaired) electrons. The van der Waals surface area contributed by atoms with Gasteiger partial charge in [-0.25, -0.2) is 0 Å². The van der Waals surface area contributed by atoms with E-state index in [0.717, 1.165) is 36.8 Å². The number of nitrogens with zero attached hydrogens (tertiary/aromatic N) is 1. The highest BCUT2D eigenvalue weighted by Gasteiger charge is 2.27. The van der Waals surface area contributed by atoms with E-state index in [-0.39, 0.29) is 5.91 Å². The molecule has 3 N–H and O–H groups in total. The fourth-order valence-electron chi connectivity index (χ4n) is 2.42. The monoisotopic (exact) mass is 275 g/mol. The van der Waals surface area contributed by atoms with Crippen molar-refractivity contribution in [1.82, 2.24) is 10.2 Å². The van der Waals surface area contributed by atoms with Crippen molar-refractivity contribution in [3.63, 3.8) is 0 Å². The van der Waals surface area contributed by atoms with Crippen LogP contribution < -0.4 is 11.1 Å². The van der Waals surface area contributed by atoms with E-state index in [4.69, 9.17) is 5.73 Å². The maximum absolute atomic E-state index is 11.9. The van der Waals surface area contributed by atoms with Gasteiger partial charge in [0.05, 0.1) is 6.42 Å². The van der Waals surface area contributed by atoms with E-state index in [2.05, 4.69) is 17.1 Å². The first-order valence-electron chi connectivity index (χ1n) is 7.51. The van der Waals surface area contributed by atoms with Crippen LogP contribution in [-0.4, -0.2) is 36.5 Å². The highest BCUT2D eigenvalue weighted by atomic mass is 16.1. The number of hydrogen-bond acceptors (Lipinski definition) is 3. The average Bonchev–Trinajstić information content (AvgIpc) is 3.29. The number of benzene rings is 1. The molecule has 1 aromatic carbocycles. The molecule has 110 valence electrons. The lowest BCUT2D eigenvalue weighted by molar-refractivity contribution is -0.120. The van der Waals surface area contributed by atoms with Crippen molar-refractivity contribution >= 4 is 5.91 Å². The fraction of sp³-hybridized carbons (Fsp3) is 0.562. The van der Waals surface area contributed by atoms with Gasteiger partial charge in [-0.05, 0) is 30.5 Å². The highest BCUT2D eigenvalue weighted by Crippen LogP contribution is 2.25. The predicted molar refractivity (Wildman–Crippen MR) is 81.3 cm³/mol. The number of nitrogens with one attached hydrogen (secondary N) is 1. The first kappa shape index (κ1) is 15.0. The van der Waals surface area contributed by atoms with Crippen LogP contribution in [-0.2, 0) is 17.8 Å². The lowest BCUT2D eigenvalue weighted by Crippen LogP contribution is -2.36. The number of carbonyl (C=O) groups is 1. The summed E-state index contributed by atoms with van der Waals surface area (Å²) in [4.78, 5) is 14.3. The van der Waals surface area contributed by atoms with Crippen LogP contribution in [0.2, 0.25) is 0 Å². The van der Waals surface area contributed by atoms with Crippen molar-refractivity contribution in [2.45, 2.75) is 38.8 Å². The SMILES string of the molecule is CCN(CCNC(=O)Cc1ccc(CN)cc1)C1CC1. The van der Waals surface area contributed by atoms with Gasteiger partial charge >= 0.3 is 0 Å². The van der Waals surface area contributed by atoms with Crippen LogP contribution in [0.15, 0.2) is 24.3 Å². The molecular weight excluding hydrogens is 250 g/mol. The number of carbonyl (C=O) groups excluding carboxylic acids is 1. The fourth-order valence-corrected chi connectivity index (χ4v) is 2.42. The molecule has 4 heteroatoms. The number of amides is 1. The molecule has 1 saturated carbocycles. The smallest absolute Gasteiger partial charge is 0.224 e. The number of nitrogens with two attached hydrogens (primary N) is 1. The molecule has 1 aliphatic carbocycles. The van der Waals surface area contributed by atoms with Crippen molar-refractivity contribution in [1.29, 1.82) is 0 Å². The van der Waals surface area contributed by atoms with Crippen LogP contribution in [0.1, 0.15) is 30.9 Å². The molecule has 1 amide bonds. The number of likely N-dealkylation sites (N-methyl/N-ethyl adjacent to an activating group) is 1. The molecule has 1 fully saturated rings. The second-order valence-electron chi connectivity index (χ2n) is 5.41. The molecular formula is C16H25N3O. The lowest BCUT2D eigenvalue weighted by Gasteiger charge is -2.19. The summed E-state index contributed by atoms with van der Waals surface area (Å²) >= 11 is 0. The van der Waals surface area contributed by atoms with Gasteiger partial charge in [-0.15, -0.1) is 0 Å². The van der Waals surface area contributed by atoms with E-state index in [1.807, 2.05) is 24.3 Å². The van der Waals surface area contributed by atoms with E-state index < -0.39 is 0 Å². The quantitative estimate of drug-likeness (QED) is 0.751. The van der Waals surface area contributed by atoms with Crippen molar-refractivity contribution in [3.05, 3.63) is 35.4 Å². The van der Waals surface area contributed by atoms with Crippen LogP contribution in [0.25, 0.3) is 0 Å². The van der Waals surface area contributed by atoms with Gasteiger partial charge in [-0.3, -0.25) is 9.69 Å². The Bertz CT molecular complexity index is 426. The maximum atomic E-state index is 11.9. The van der Waals surface area contributed by atoms with Crippen molar-refractivity contribution in [2.24, 2.45) is 5.73 Å². The van der Waals surface area contributed by atoms with Crippen LogP contribution in [0, 0.1) is 0 Å². The Balaban J connectivity index is 1.68. The van der Waals surface area contributed by atoms with Crippen molar-refractivity contribution < 1.29 is 4.79 Å². The molecule has 0 aliphatic heterocycles.